The highest BCUT2D eigenvalue weighted by Crippen LogP contribution is 2.22. The van der Waals surface area contributed by atoms with E-state index in [-0.39, 0.29) is 12.0 Å². The first-order valence-corrected chi connectivity index (χ1v) is 7.86. The number of carbonyl (C=O) groups excluding carboxylic acids is 1. The van der Waals surface area contributed by atoms with E-state index in [0.717, 1.165) is 23.6 Å². The summed E-state index contributed by atoms with van der Waals surface area (Å²) in [6.07, 6.45) is 0.989. The zero-order valence-corrected chi connectivity index (χ0v) is 13.2. The Bertz CT molecular complexity index is 395. The summed E-state index contributed by atoms with van der Waals surface area (Å²) < 4.78 is 10.2. The van der Waals surface area contributed by atoms with Gasteiger partial charge in [0.25, 0.3) is 0 Å². The van der Waals surface area contributed by atoms with Crippen LogP contribution >= 0.6 is 11.8 Å². The van der Waals surface area contributed by atoms with Gasteiger partial charge in [-0.05, 0) is 44.2 Å². The van der Waals surface area contributed by atoms with E-state index >= 15 is 0 Å². The van der Waals surface area contributed by atoms with Crippen molar-refractivity contribution in [2.75, 3.05) is 26.0 Å². The Morgan fingerprint density at radius 3 is 2.55 bits per heavy atom. The van der Waals surface area contributed by atoms with Crippen molar-refractivity contribution in [2.24, 2.45) is 0 Å². The van der Waals surface area contributed by atoms with Crippen molar-refractivity contribution in [3.63, 3.8) is 0 Å². The van der Waals surface area contributed by atoms with Crippen LogP contribution in [-0.4, -0.2) is 38.0 Å². The molecule has 1 aromatic carbocycles. The van der Waals surface area contributed by atoms with Gasteiger partial charge >= 0.3 is 5.97 Å². The number of methoxy groups -OCH3 is 1. The molecule has 0 aliphatic carbocycles. The molecule has 0 aromatic heterocycles. The Kier molecular flexibility index (Phi) is 8.14. The Morgan fingerprint density at radius 2 is 2.00 bits per heavy atom. The van der Waals surface area contributed by atoms with Gasteiger partial charge in [0.05, 0.1) is 13.7 Å². The van der Waals surface area contributed by atoms with E-state index in [9.17, 15) is 4.79 Å². The zero-order chi connectivity index (χ0) is 14.8. The predicted molar refractivity (Wildman–Crippen MR) is 82.4 cm³/mol. The number of carbonyl (C=O) groups is 1. The third kappa shape index (κ3) is 5.84. The molecule has 20 heavy (non-hydrogen) atoms. The molecule has 4 nitrogen and oxygen atoms in total. The third-order valence-electron chi connectivity index (χ3n) is 2.69. The van der Waals surface area contributed by atoms with Crippen LogP contribution in [0.3, 0.4) is 0 Å². The summed E-state index contributed by atoms with van der Waals surface area (Å²) >= 11 is 1.63. The van der Waals surface area contributed by atoms with Crippen molar-refractivity contribution in [2.45, 2.75) is 31.2 Å². The Balaban J connectivity index is 2.52. The topological polar surface area (TPSA) is 47.6 Å². The number of nitrogens with one attached hydrogen (secondary N) is 1. The van der Waals surface area contributed by atoms with Gasteiger partial charge in [0, 0.05) is 10.6 Å². The van der Waals surface area contributed by atoms with Gasteiger partial charge in [-0.3, -0.25) is 4.79 Å². The molecular weight excluding hydrogens is 274 g/mol. The first kappa shape index (κ1) is 16.9. The van der Waals surface area contributed by atoms with Gasteiger partial charge in [-0.2, -0.15) is 0 Å². The van der Waals surface area contributed by atoms with Gasteiger partial charge in [-0.15, -0.1) is 11.8 Å². The molecule has 0 saturated heterocycles. The summed E-state index contributed by atoms with van der Waals surface area (Å²) in [5, 5.41) is 3.23. The second-order valence-corrected chi connectivity index (χ2v) is 5.34. The van der Waals surface area contributed by atoms with Crippen molar-refractivity contribution in [1.82, 2.24) is 5.32 Å². The van der Waals surface area contributed by atoms with Crippen LogP contribution in [0.1, 0.15) is 20.3 Å². The molecule has 5 heteroatoms. The second-order valence-electron chi connectivity index (χ2n) is 4.25. The van der Waals surface area contributed by atoms with E-state index in [2.05, 4.69) is 12.2 Å². The predicted octanol–water partition coefficient (Wildman–Crippen LogP) is 2.72. The maximum absolute atomic E-state index is 11.9. The SMILES string of the molecule is CCCNC(CSc1ccc(OC)cc1)C(=O)OCC. The molecule has 0 aliphatic heterocycles. The third-order valence-corrected chi connectivity index (χ3v) is 3.79. The minimum atomic E-state index is -0.262. The number of esters is 1. The fraction of sp³-hybridized carbons (Fsp3) is 0.533. The molecule has 0 fully saturated rings. The van der Waals surface area contributed by atoms with Crippen LogP contribution < -0.4 is 10.1 Å². The standard InChI is InChI=1S/C15H23NO3S/c1-4-10-16-14(15(17)19-5-2)11-20-13-8-6-12(18-3)7-9-13/h6-9,14,16H,4-5,10-11H2,1-3H3. The van der Waals surface area contributed by atoms with Crippen LogP contribution in [-0.2, 0) is 9.53 Å². The summed E-state index contributed by atoms with van der Waals surface area (Å²) in [6, 6.07) is 7.56. The van der Waals surface area contributed by atoms with Gasteiger partial charge in [0.1, 0.15) is 11.8 Å². The summed E-state index contributed by atoms with van der Waals surface area (Å²) in [7, 11) is 1.65. The first-order chi connectivity index (χ1) is 9.71. The van der Waals surface area contributed by atoms with Crippen LogP contribution in [0.25, 0.3) is 0 Å². The van der Waals surface area contributed by atoms with Crippen molar-refractivity contribution < 1.29 is 14.3 Å². The van der Waals surface area contributed by atoms with E-state index in [4.69, 9.17) is 9.47 Å². The van der Waals surface area contributed by atoms with Gasteiger partial charge in [0.2, 0.25) is 0 Å². The fourth-order valence-corrected chi connectivity index (χ4v) is 2.56. The van der Waals surface area contributed by atoms with Gasteiger partial charge in [-0.25, -0.2) is 0 Å². The fourth-order valence-electron chi connectivity index (χ4n) is 1.62. The Morgan fingerprint density at radius 1 is 1.30 bits per heavy atom. The highest BCUT2D eigenvalue weighted by molar-refractivity contribution is 7.99. The average Bonchev–Trinajstić information content (AvgIpc) is 2.48. The number of hydrogen-bond donors (Lipinski definition) is 1. The highest BCUT2D eigenvalue weighted by Gasteiger charge is 2.18. The highest BCUT2D eigenvalue weighted by atomic mass is 32.2. The van der Waals surface area contributed by atoms with Crippen LogP contribution in [0.15, 0.2) is 29.2 Å². The molecule has 0 radical (unpaired) electrons. The van der Waals surface area contributed by atoms with Crippen molar-refractivity contribution >= 4 is 17.7 Å². The summed E-state index contributed by atoms with van der Waals surface area (Å²) in [5.41, 5.74) is 0. The van der Waals surface area contributed by atoms with E-state index in [1.54, 1.807) is 18.9 Å². The number of ether oxygens (including phenoxy) is 2. The number of rotatable bonds is 9. The van der Waals surface area contributed by atoms with Crippen LogP contribution in [0.4, 0.5) is 0 Å². The van der Waals surface area contributed by atoms with E-state index < -0.39 is 0 Å². The van der Waals surface area contributed by atoms with E-state index in [1.165, 1.54) is 0 Å². The van der Waals surface area contributed by atoms with Crippen LogP contribution in [0, 0.1) is 0 Å². The van der Waals surface area contributed by atoms with E-state index in [0.29, 0.717) is 12.4 Å². The van der Waals surface area contributed by atoms with Crippen molar-refractivity contribution in [1.29, 1.82) is 0 Å². The summed E-state index contributed by atoms with van der Waals surface area (Å²) in [6.45, 7) is 5.13. The summed E-state index contributed by atoms with van der Waals surface area (Å²) in [4.78, 5) is 13.0. The molecule has 112 valence electrons. The van der Waals surface area contributed by atoms with Crippen LogP contribution in [0.2, 0.25) is 0 Å². The molecule has 1 atom stereocenters. The lowest BCUT2D eigenvalue weighted by molar-refractivity contribution is -0.144. The van der Waals surface area contributed by atoms with Gasteiger partial charge in [-0.1, -0.05) is 6.92 Å². The summed E-state index contributed by atoms with van der Waals surface area (Å²) in [5.74, 6) is 1.31. The molecule has 0 amide bonds. The molecule has 0 aliphatic rings. The average molecular weight is 297 g/mol. The lowest BCUT2D eigenvalue weighted by atomic mass is 10.3. The molecule has 1 N–H and O–H groups in total. The molecule has 0 saturated carbocycles. The second kappa shape index (κ2) is 9.66. The molecule has 1 rings (SSSR count). The smallest absolute Gasteiger partial charge is 0.323 e. The molecule has 1 unspecified atom stereocenters. The number of benzene rings is 1. The Hall–Kier alpha value is -1.20. The van der Waals surface area contributed by atoms with Crippen LogP contribution in [0.5, 0.6) is 5.75 Å². The largest absolute Gasteiger partial charge is 0.497 e. The normalized spacial score (nSPS) is 11.9. The van der Waals surface area contributed by atoms with Gasteiger partial charge < -0.3 is 14.8 Å². The lowest BCUT2D eigenvalue weighted by Gasteiger charge is -2.16. The van der Waals surface area contributed by atoms with E-state index in [1.807, 2.05) is 31.2 Å². The minimum absolute atomic E-state index is 0.179. The molecule has 0 heterocycles. The minimum Gasteiger partial charge on any atom is -0.497 e. The molecular formula is C15H23NO3S. The lowest BCUT2D eigenvalue weighted by Crippen LogP contribution is -2.40. The monoisotopic (exact) mass is 297 g/mol. The zero-order valence-electron chi connectivity index (χ0n) is 12.3. The molecule has 0 bridgehead atoms. The number of hydrogen-bond acceptors (Lipinski definition) is 5. The maximum Gasteiger partial charge on any atom is 0.323 e. The molecule has 0 spiro atoms. The van der Waals surface area contributed by atoms with Crippen molar-refractivity contribution in [3.05, 3.63) is 24.3 Å². The molecule has 1 aromatic rings. The quantitative estimate of drug-likeness (QED) is 0.561. The maximum atomic E-state index is 11.9. The number of thioether (sulfide) groups is 1. The van der Waals surface area contributed by atoms with Gasteiger partial charge in [0.15, 0.2) is 0 Å². The van der Waals surface area contributed by atoms with Crippen molar-refractivity contribution in [3.8, 4) is 5.75 Å². The first-order valence-electron chi connectivity index (χ1n) is 6.88. The Labute approximate surface area is 125 Å².